The first kappa shape index (κ1) is 10.3. The summed E-state index contributed by atoms with van der Waals surface area (Å²) < 4.78 is 0. The lowest BCUT2D eigenvalue weighted by atomic mass is 9.91. The quantitative estimate of drug-likeness (QED) is 0.690. The molecule has 1 saturated carbocycles. The predicted molar refractivity (Wildman–Crippen MR) is 60.2 cm³/mol. The Hall–Kier alpha value is -1.18. The van der Waals surface area contributed by atoms with Gasteiger partial charge in [0.1, 0.15) is 11.5 Å². The fourth-order valence-electron chi connectivity index (χ4n) is 2.47. The smallest absolute Gasteiger partial charge is 0.122 e. The molecular formula is C13H18O2. The van der Waals surface area contributed by atoms with Gasteiger partial charge in [0.05, 0.1) is 0 Å². The molecule has 1 fully saturated rings. The Morgan fingerprint density at radius 2 is 1.60 bits per heavy atom. The van der Waals surface area contributed by atoms with Crippen molar-refractivity contribution < 1.29 is 10.2 Å². The van der Waals surface area contributed by atoms with E-state index in [2.05, 4.69) is 0 Å². The average Bonchev–Trinajstić information content (AvgIpc) is 2.46. The first-order chi connectivity index (χ1) is 7.27. The van der Waals surface area contributed by atoms with Crippen molar-refractivity contribution in [3.63, 3.8) is 0 Å². The molecule has 15 heavy (non-hydrogen) atoms. The van der Waals surface area contributed by atoms with Crippen LogP contribution < -0.4 is 0 Å². The molecule has 0 heterocycles. The summed E-state index contributed by atoms with van der Waals surface area (Å²) >= 11 is 0. The highest BCUT2D eigenvalue weighted by molar-refractivity contribution is 5.41. The van der Waals surface area contributed by atoms with Gasteiger partial charge >= 0.3 is 0 Å². The number of hydrogen-bond acceptors (Lipinski definition) is 2. The summed E-state index contributed by atoms with van der Waals surface area (Å²) in [5.74, 6) is 0.875. The molecule has 0 aromatic heterocycles. The van der Waals surface area contributed by atoms with Crippen LogP contribution in [0.15, 0.2) is 18.2 Å². The maximum absolute atomic E-state index is 9.78. The van der Waals surface area contributed by atoms with Gasteiger partial charge in [-0.25, -0.2) is 0 Å². The molecule has 0 amide bonds. The molecule has 0 aliphatic heterocycles. The molecule has 82 valence electrons. The molecule has 1 aliphatic carbocycles. The van der Waals surface area contributed by atoms with E-state index < -0.39 is 0 Å². The summed E-state index contributed by atoms with van der Waals surface area (Å²) in [7, 11) is 0. The van der Waals surface area contributed by atoms with E-state index in [9.17, 15) is 10.2 Å². The van der Waals surface area contributed by atoms with Gasteiger partial charge in [0.25, 0.3) is 0 Å². The molecule has 0 radical (unpaired) electrons. The largest absolute Gasteiger partial charge is 0.508 e. The minimum absolute atomic E-state index is 0.143. The number of hydrogen-bond donors (Lipinski definition) is 2. The molecule has 2 N–H and O–H groups in total. The molecule has 0 unspecified atom stereocenters. The Labute approximate surface area is 90.6 Å². The first-order valence-electron chi connectivity index (χ1n) is 5.79. The minimum Gasteiger partial charge on any atom is -0.508 e. The van der Waals surface area contributed by atoms with Gasteiger partial charge in [-0.15, -0.1) is 0 Å². The summed E-state index contributed by atoms with van der Waals surface area (Å²) in [6.45, 7) is 0. The zero-order valence-electron chi connectivity index (χ0n) is 8.95. The van der Waals surface area contributed by atoms with Crippen molar-refractivity contribution in [2.45, 2.75) is 44.4 Å². The minimum atomic E-state index is 0.143. The second kappa shape index (κ2) is 4.56. The van der Waals surface area contributed by atoms with Crippen molar-refractivity contribution in [2.24, 2.45) is 0 Å². The van der Waals surface area contributed by atoms with Crippen LogP contribution in [0.5, 0.6) is 11.5 Å². The van der Waals surface area contributed by atoms with Gasteiger partial charge in [-0.2, -0.15) is 0 Å². The van der Waals surface area contributed by atoms with Crippen molar-refractivity contribution in [3.8, 4) is 11.5 Å². The van der Waals surface area contributed by atoms with Crippen LogP contribution >= 0.6 is 0 Å². The third-order valence-electron chi connectivity index (χ3n) is 3.31. The summed E-state index contributed by atoms with van der Waals surface area (Å²) in [6, 6.07) is 4.97. The maximum Gasteiger partial charge on any atom is 0.122 e. The molecule has 1 aromatic carbocycles. The van der Waals surface area contributed by atoms with Gasteiger partial charge in [0.2, 0.25) is 0 Å². The molecule has 2 rings (SSSR count). The monoisotopic (exact) mass is 206 g/mol. The van der Waals surface area contributed by atoms with Crippen LogP contribution in [0.4, 0.5) is 0 Å². The molecule has 1 aromatic rings. The van der Waals surface area contributed by atoms with Crippen LogP contribution in [0.25, 0.3) is 0 Å². The molecule has 0 saturated heterocycles. The third-order valence-corrected chi connectivity index (χ3v) is 3.31. The van der Waals surface area contributed by atoms with Crippen molar-refractivity contribution >= 4 is 0 Å². The van der Waals surface area contributed by atoms with Crippen LogP contribution in [-0.4, -0.2) is 10.2 Å². The van der Waals surface area contributed by atoms with Crippen LogP contribution in [0, 0.1) is 0 Å². The van der Waals surface area contributed by atoms with Gasteiger partial charge in [-0.1, -0.05) is 31.7 Å². The summed E-state index contributed by atoms with van der Waals surface area (Å²) in [6.07, 6.45) is 7.47. The number of phenolic OH excluding ortho intramolecular Hbond substituents is 2. The number of phenols is 2. The standard InChI is InChI=1S/C13H18O2/c14-11-7-8-12(13(15)9-11)10-5-3-1-2-4-6-10/h7-10,14-15H,1-6H2. The fourth-order valence-corrected chi connectivity index (χ4v) is 2.47. The summed E-state index contributed by atoms with van der Waals surface area (Å²) in [4.78, 5) is 0. The molecule has 2 nitrogen and oxygen atoms in total. The lowest BCUT2D eigenvalue weighted by Crippen LogP contribution is -1.97. The van der Waals surface area contributed by atoms with Gasteiger partial charge in [-0.05, 0) is 30.4 Å². The highest BCUT2D eigenvalue weighted by atomic mass is 16.3. The van der Waals surface area contributed by atoms with E-state index in [1.54, 1.807) is 6.07 Å². The second-order valence-corrected chi connectivity index (χ2v) is 4.43. The second-order valence-electron chi connectivity index (χ2n) is 4.43. The summed E-state index contributed by atoms with van der Waals surface area (Å²) in [5.41, 5.74) is 1.01. The van der Waals surface area contributed by atoms with Gasteiger partial charge in [0, 0.05) is 6.07 Å². The fraction of sp³-hybridized carbons (Fsp3) is 0.538. The predicted octanol–water partition coefficient (Wildman–Crippen LogP) is 3.54. The molecule has 0 atom stereocenters. The Balaban J connectivity index is 2.19. The normalized spacial score (nSPS) is 18.7. The molecule has 1 aliphatic rings. The average molecular weight is 206 g/mol. The van der Waals surface area contributed by atoms with E-state index in [1.165, 1.54) is 44.6 Å². The van der Waals surface area contributed by atoms with Crippen LogP contribution in [0.3, 0.4) is 0 Å². The number of aromatic hydroxyl groups is 2. The van der Waals surface area contributed by atoms with E-state index in [4.69, 9.17) is 0 Å². The highest BCUT2D eigenvalue weighted by Gasteiger charge is 2.17. The van der Waals surface area contributed by atoms with E-state index in [0.717, 1.165) is 5.56 Å². The first-order valence-corrected chi connectivity index (χ1v) is 5.79. The Morgan fingerprint density at radius 1 is 0.933 bits per heavy atom. The highest BCUT2D eigenvalue weighted by Crippen LogP contribution is 2.37. The number of rotatable bonds is 1. The van der Waals surface area contributed by atoms with Gasteiger partial charge in [-0.3, -0.25) is 0 Å². The van der Waals surface area contributed by atoms with Gasteiger partial charge < -0.3 is 10.2 Å². The third kappa shape index (κ3) is 2.44. The van der Waals surface area contributed by atoms with Crippen molar-refractivity contribution in [2.75, 3.05) is 0 Å². The zero-order valence-corrected chi connectivity index (χ0v) is 8.95. The van der Waals surface area contributed by atoms with Crippen LogP contribution in [-0.2, 0) is 0 Å². The molecule has 0 bridgehead atoms. The van der Waals surface area contributed by atoms with E-state index >= 15 is 0 Å². The topological polar surface area (TPSA) is 40.5 Å². The Bertz CT molecular complexity index is 325. The SMILES string of the molecule is Oc1ccc(C2CCCCCC2)c(O)c1. The van der Waals surface area contributed by atoms with Crippen molar-refractivity contribution in [3.05, 3.63) is 23.8 Å². The number of benzene rings is 1. The van der Waals surface area contributed by atoms with E-state index in [-0.39, 0.29) is 11.5 Å². The Kier molecular flexibility index (Phi) is 3.14. The summed E-state index contributed by atoms with van der Waals surface area (Å²) in [5, 5.41) is 19.0. The van der Waals surface area contributed by atoms with Crippen molar-refractivity contribution in [1.82, 2.24) is 0 Å². The zero-order chi connectivity index (χ0) is 10.7. The van der Waals surface area contributed by atoms with Crippen LogP contribution in [0.1, 0.15) is 50.0 Å². The van der Waals surface area contributed by atoms with Crippen molar-refractivity contribution in [1.29, 1.82) is 0 Å². The maximum atomic E-state index is 9.78. The van der Waals surface area contributed by atoms with Gasteiger partial charge in [0.15, 0.2) is 0 Å². The molecule has 0 spiro atoms. The van der Waals surface area contributed by atoms with E-state index in [1.807, 2.05) is 6.07 Å². The lowest BCUT2D eigenvalue weighted by Gasteiger charge is -2.15. The molecule has 2 heteroatoms. The molecular weight excluding hydrogens is 188 g/mol. The van der Waals surface area contributed by atoms with E-state index in [0.29, 0.717) is 5.92 Å². The lowest BCUT2D eigenvalue weighted by molar-refractivity contribution is 0.437. The van der Waals surface area contributed by atoms with Crippen LogP contribution in [0.2, 0.25) is 0 Å². The Morgan fingerprint density at radius 3 is 2.20 bits per heavy atom.